The van der Waals surface area contributed by atoms with Crippen molar-refractivity contribution in [2.75, 3.05) is 43.4 Å². The number of rotatable bonds is 3. The lowest BCUT2D eigenvalue weighted by Crippen LogP contribution is -2.50. The molecule has 2 aliphatic heterocycles. The summed E-state index contributed by atoms with van der Waals surface area (Å²) in [6, 6.07) is 15.8. The average Bonchev–Trinajstić information content (AvgIpc) is 2.69. The summed E-state index contributed by atoms with van der Waals surface area (Å²) in [5.74, 6) is 0. The molecule has 2 aromatic rings. The monoisotopic (exact) mass is 472 g/mol. The molecule has 2 aromatic carbocycles. The molecule has 0 bridgehead atoms. The number of fused-ring (bicyclic) bond motifs is 1. The lowest BCUT2D eigenvalue weighted by Gasteiger charge is -2.39. The Morgan fingerprint density at radius 3 is 2.74 bits per heavy atom. The van der Waals surface area contributed by atoms with Crippen molar-refractivity contribution in [3.05, 3.63) is 63.4 Å². The fourth-order valence-corrected chi connectivity index (χ4v) is 4.08. The van der Waals surface area contributed by atoms with E-state index in [-0.39, 0.29) is 0 Å². The standard InChI is InChI=1S/C22H25IN4/c1-16-15-27(10-9-26(16)2)21-7-5-20(6-8-21)25-14-18-13-24-12-17-3-4-19(23)11-22(17)18/h3-8,11-12,14,16,25H,9-10,13,15H2,1-2H3. The Balaban J connectivity index is 1.46. The van der Waals surface area contributed by atoms with Gasteiger partial charge in [0.25, 0.3) is 0 Å². The molecule has 1 saturated heterocycles. The lowest BCUT2D eigenvalue weighted by atomic mass is 9.99. The van der Waals surface area contributed by atoms with Gasteiger partial charge in [-0.1, -0.05) is 6.07 Å². The number of piperazine rings is 1. The summed E-state index contributed by atoms with van der Waals surface area (Å²) in [4.78, 5) is 9.38. The molecule has 5 heteroatoms. The van der Waals surface area contributed by atoms with Gasteiger partial charge in [-0.15, -0.1) is 0 Å². The predicted molar refractivity (Wildman–Crippen MR) is 124 cm³/mol. The highest BCUT2D eigenvalue weighted by molar-refractivity contribution is 14.1. The zero-order valence-corrected chi connectivity index (χ0v) is 18.0. The lowest BCUT2D eigenvalue weighted by molar-refractivity contribution is 0.234. The third kappa shape index (κ3) is 4.19. The molecule has 1 atom stereocenters. The van der Waals surface area contributed by atoms with Crippen molar-refractivity contribution in [3.8, 4) is 0 Å². The van der Waals surface area contributed by atoms with Crippen LogP contribution >= 0.6 is 22.6 Å². The van der Waals surface area contributed by atoms with E-state index in [0.717, 1.165) is 31.9 Å². The van der Waals surface area contributed by atoms with E-state index >= 15 is 0 Å². The Bertz CT molecular complexity index is 872. The smallest absolute Gasteiger partial charge is 0.0660 e. The minimum Gasteiger partial charge on any atom is -0.369 e. The number of hydrogen-bond acceptors (Lipinski definition) is 4. The minimum absolute atomic E-state index is 0.594. The quantitative estimate of drug-likeness (QED) is 0.676. The van der Waals surface area contributed by atoms with Crippen LogP contribution in [0.25, 0.3) is 5.57 Å². The zero-order valence-electron chi connectivity index (χ0n) is 15.8. The molecule has 1 unspecified atom stereocenters. The van der Waals surface area contributed by atoms with Gasteiger partial charge in [-0.25, -0.2) is 0 Å². The number of aliphatic imine (C=N–C) groups is 1. The first-order chi connectivity index (χ1) is 13.1. The van der Waals surface area contributed by atoms with Crippen LogP contribution in [0, 0.1) is 3.57 Å². The Morgan fingerprint density at radius 2 is 1.96 bits per heavy atom. The molecule has 0 radical (unpaired) electrons. The van der Waals surface area contributed by atoms with Crippen LogP contribution in [0.5, 0.6) is 0 Å². The Labute approximate surface area is 175 Å². The molecule has 27 heavy (non-hydrogen) atoms. The van der Waals surface area contributed by atoms with E-state index in [9.17, 15) is 0 Å². The van der Waals surface area contributed by atoms with E-state index in [2.05, 4.69) is 105 Å². The topological polar surface area (TPSA) is 30.9 Å². The number of anilines is 2. The van der Waals surface area contributed by atoms with Crippen LogP contribution < -0.4 is 10.2 Å². The van der Waals surface area contributed by atoms with Crippen LogP contribution in [0.1, 0.15) is 18.1 Å². The maximum absolute atomic E-state index is 4.48. The highest BCUT2D eigenvalue weighted by atomic mass is 127. The minimum atomic E-state index is 0.594. The molecule has 0 saturated carbocycles. The van der Waals surface area contributed by atoms with Crippen LogP contribution in [0.15, 0.2) is 53.7 Å². The second kappa shape index (κ2) is 8.02. The van der Waals surface area contributed by atoms with Gasteiger partial charge in [-0.05, 0) is 89.7 Å². The summed E-state index contributed by atoms with van der Waals surface area (Å²) in [6.07, 6.45) is 4.06. The SMILES string of the molecule is CC1CN(c2ccc(NC=C3CN=Cc4ccc(I)cc43)cc2)CCN1C. The molecule has 140 valence electrons. The van der Waals surface area contributed by atoms with E-state index < -0.39 is 0 Å². The van der Waals surface area contributed by atoms with Crippen LogP contribution in [0.2, 0.25) is 0 Å². The van der Waals surface area contributed by atoms with Crippen molar-refractivity contribution < 1.29 is 0 Å². The van der Waals surface area contributed by atoms with Crippen LogP contribution in [-0.2, 0) is 0 Å². The molecule has 0 spiro atoms. The van der Waals surface area contributed by atoms with Gasteiger partial charge in [0.2, 0.25) is 0 Å². The number of likely N-dealkylation sites (N-methyl/N-ethyl adjacent to an activating group) is 1. The summed E-state index contributed by atoms with van der Waals surface area (Å²) >= 11 is 2.36. The van der Waals surface area contributed by atoms with E-state index in [0.29, 0.717) is 6.04 Å². The maximum Gasteiger partial charge on any atom is 0.0660 e. The number of halogens is 1. The van der Waals surface area contributed by atoms with Crippen LogP contribution in [-0.4, -0.2) is 50.4 Å². The Hall–Kier alpha value is -1.86. The molecule has 2 aliphatic rings. The van der Waals surface area contributed by atoms with E-state index in [1.165, 1.54) is 26.0 Å². The fourth-order valence-electron chi connectivity index (χ4n) is 3.59. The molecular formula is C22H25IN4. The molecule has 4 nitrogen and oxygen atoms in total. The number of benzene rings is 2. The largest absolute Gasteiger partial charge is 0.369 e. The van der Waals surface area contributed by atoms with Crippen molar-refractivity contribution in [2.24, 2.45) is 4.99 Å². The van der Waals surface area contributed by atoms with Gasteiger partial charge < -0.3 is 15.1 Å². The van der Waals surface area contributed by atoms with E-state index in [1.807, 2.05) is 6.21 Å². The van der Waals surface area contributed by atoms with Gasteiger partial charge in [0.1, 0.15) is 0 Å². The van der Waals surface area contributed by atoms with Gasteiger partial charge in [0.15, 0.2) is 0 Å². The molecular weight excluding hydrogens is 447 g/mol. The summed E-state index contributed by atoms with van der Waals surface area (Å²) < 4.78 is 1.25. The van der Waals surface area contributed by atoms with Crippen molar-refractivity contribution in [2.45, 2.75) is 13.0 Å². The van der Waals surface area contributed by atoms with Crippen molar-refractivity contribution >= 4 is 45.8 Å². The molecule has 4 rings (SSSR count). The second-order valence-corrected chi connectivity index (χ2v) is 8.58. The summed E-state index contributed by atoms with van der Waals surface area (Å²) in [6.45, 7) is 6.30. The summed E-state index contributed by atoms with van der Waals surface area (Å²) in [5, 5.41) is 3.46. The summed E-state index contributed by atoms with van der Waals surface area (Å²) in [5.41, 5.74) is 6.09. The number of hydrogen-bond donors (Lipinski definition) is 1. The molecule has 0 aliphatic carbocycles. The first kappa shape index (κ1) is 18.5. The molecule has 1 N–H and O–H groups in total. The van der Waals surface area contributed by atoms with Crippen molar-refractivity contribution in [1.29, 1.82) is 0 Å². The highest BCUT2D eigenvalue weighted by Gasteiger charge is 2.20. The summed E-state index contributed by atoms with van der Waals surface area (Å²) in [7, 11) is 2.21. The molecule has 0 aromatic heterocycles. The van der Waals surface area contributed by atoms with Gasteiger partial charge in [-0.2, -0.15) is 0 Å². The number of nitrogens with zero attached hydrogens (tertiary/aromatic N) is 3. The first-order valence-corrected chi connectivity index (χ1v) is 10.5. The van der Waals surface area contributed by atoms with Gasteiger partial charge in [0, 0.05) is 53.0 Å². The predicted octanol–water partition coefficient (Wildman–Crippen LogP) is 4.32. The van der Waals surface area contributed by atoms with E-state index in [4.69, 9.17) is 0 Å². The van der Waals surface area contributed by atoms with Gasteiger partial charge >= 0.3 is 0 Å². The number of nitrogens with one attached hydrogen (secondary N) is 1. The second-order valence-electron chi connectivity index (χ2n) is 7.34. The molecule has 2 heterocycles. The third-order valence-corrected chi connectivity index (χ3v) is 6.13. The first-order valence-electron chi connectivity index (χ1n) is 9.41. The van der Waals surface area contributed by atoms with Crippen molar-refractivity contribution in [1.82, 2.24) is 4.90 Å². The highest BCUT2D eigenvalue weighted by Crippen LogP contribution is 2.25. The molecule has 1 fully saturated rings. The zero-order chi connectivity index (χ0) is 18.8. The van der Waals surface area contributed by atoms with Crippen LogP contribution in [0.4, 0.5) is 11.4 Å². The normalized spacial score (nSPS) is 21.4. The van der Waals surface area contributed by atoms with Crippen LogP contribution in [0.3, 0.4) is 0 Å². The third-order valence-electron chi connectivity index (χ3n) is 5.46. The fraction of sp³-hybridized carbons (Fsp3) is 0.318. The van der Waals surface area contributed by atoms with Crippen molar-refractivity contribution in [3.63, 3.8) is 0 Å². The average molecular weight is 472 g/mol. The maximum atomic E-state index is 4.48. The van der Waals surface area contributed by atoms with E-state index in [1.54, 1.807) is 0 Å². The van der Waals surface area contributed by atoms with Gasteiger partial charge in [0.05, 0.1) is 6.54 Å². The Kier molecular flexibility index (Phi) is 5.50. The van der Waals surface area contributed by atoms with Gasteiger partial charge in [-0.3, -0.25) is 4.99 Å². The Morgan fingerprint density at radius 1 is 1.15 bits per heavy atom. The molecule has 0 amide bonds.